The summed E-state index contributed by atoms with van der Waals surface area (Å²) in [4.78, 5) is 25.2. The third kappa shape index (κ3) is 4.06. The minimum absolute atomic E-state index is 0.0528. The Morgan fingerprint density at radius 2 is 2.00 bits per heavy atom. The number of rotatable bonds is 5. The number of hydrogen-bond acceptors (Lipinski definition) is 2. The molecule has 2 rings (SSSR count). The first-order valence-electron chi connectivity index (χ1n) is 7.73. The Morgan fingerprint density at radius 1 is 1.29 bits per heavy atom. The van der Waals surface area contributed by atoms with Crippen LogP contribution in [-0.2, 0) is 11.2 Å². The lowest BCUT2D eigenvalue weighted by Crippen LogP contribution is -2.42. The van der Waals surface area contributed by atoms with E-state index in [4.69, 9.17) is 5.11 Å². The molecule has 0 aromatic heterocycles. The fraction of sp³-hybridized carbons (Fsp3) is 0.529. The fourth-order valence-corrected chi connectivity index (χ4v) is 2.74. The highest BCUT2D eigenvalue weighted by Crippen LogP contribution is 2.19. The molecule has 114 valence electrons. The normalized spacial score (nSPS) is 18.5. The van der Waals surface area contributed by atoms with Crippen molar-refractivity contribution < 1.29 is 14.7 Å². The number of benzene rings is 1. The minimum Gasteiger partial charge on any atom is -0.481 e. The molecule has 1 aliphatic heterocycles. The smallest absolute Gasteiger partial charge is 0.308 e. The van der Waals surface area contributed by atoms with Crippen molar-refractivity contribution in [3.05, 3.63) is 35.4 Å². The largest absolute Gasteiger partial charge is 0.481 e. The van der Waals surface area contributed by atoms with Gasteiger partial charge in [-0.05, 0) is 43.4 Å². The first kappa shape index (κ1) is 15.5. The van der Waals surface area contributed by atoms with Crippen LogP contribution in [0.3, 0.4) is 0 Å². The number of aliphatic carboxylic acids is 1. The number of likely N-dealkylation sites (tertiary alicyclic amines) is 1. The average Bonchev–Trinajstić information content (AvgIpc) is 2.53. The summed E-state index contributed by atoms with van der Waals surface area (Å²) >= 11 is 0. The zero-order valence-corrected chi connectivity index (χ0v) is 12.5. The van der Waals surface area contributed by atoms with Gasteiger partial charge >= 0.3 is 5.97 Å². The number of carboxylic acids is 1. The van der Waals surface area contributed by atoms with Gasteiger partial charge in [0.05, 0.1) is 5.92 Å². The Hall–Kier alpha value is -1.84. The molecule has 0 bridgehead atoms. The Bertz CT molecular complexity index is 495. The van der Waals surface area contributed by atoms with Crippen molar-refractivity contribution in [2.45, 2.75) is 39.0 Å². The molecule has 1 aromatic rings. The topological polar surface area (TPSA) is 57.6 Å². The van der Waals surface area contributed by atoms with Gasteiger partial charge in [0.1, 0.15) is 0 Å². The Kier molecular flexibility index (Phi) is 5.37. The van der Waals surface area contributed by atoms with E-state index in [1.165, 1.54) is 5.56 Å². The molecule has 1 saturated heterocycles. The molecule has 1 atom stereocenters. The van der Waals surface area contributed by atoms with E-state index in [0.717, 1.165) is 25.7 Å². The number of carbonyl (C=O) groups excluding carboxylic acids is 1. The second kappa shape index (κ2) is 7.25. The Morgan fingerprint density at radius 3 is 2.62 bits per heavy atom. The standard InChI is InChI=1S/C17H23NO3/c1-2-3-5-13-7-9-14(10-8-13)16(19)18-11-4-6-15(12-18)17(20)21/h7-10,15H,2-6,11-12H2,1H3,(H,20,21)/t15-/m0/s1. The number of nitrogens with zero attached hydrogens (tertiary/aromatic N) is 1. The van der Waals surface area contributed by atoms with Crippen molar-refractivity contribution in [2.24, 2.45) is 5.92 Å². The Balaban J connectivity index is 2.00. The van der Waals surface area contributed by atoms with Crippen molar-refractivity contribution in [3.63, 3.8) is 0 Å². The number of amides is 1. The van der Waals surface area contributed by atoms with Gasteiger partial charge in [-0.25, -0.2) is 0 Å². The Labute approximate surface area is 125 Å². The quantitative estimate of drug-likeness (QED) is 0.906. The molecule has 4 heteroatoms. The van der Waals surface area contributed by atoms with Crippen LogP contribution >= 0.6 is 0 Å². The lowest BCUT2D eigenvalue weighted by molar-refractivity contribution is -0.143. The molecule has 1 heterocycles. The summed E-state index contributed by atoms with van der Waals surface area (Å²) in [5.74, 6) is -1.28. The van der Waals surface area contributed by atoms with Crippen molar-refractivity contribution in [1.29, 1.82) is 0 Å². The van der Waals surface area contributed by atoms with Crippen LogP contribution < -0.4 is 0 Å². The number of unbranched alkanes of at least 4 members (excludes halogenated alkanes) is 1. The second-order valence-electron chi connectivity index (χ2n) is 5.73. The van der Waals surface area contributed by atoms with Crippen LogP contribution in [0.5, 0.6) is 0 Å². The maximum atomic E-state index is 12.4. The number of aryl methyl sites for hydroxylation is 1. The summed E-state index contributed by atoms with van der Waals surface area (Å²) in [6.07, 6.45) is 4.77. The molecule has 1 fully saturated rings. The molecular formula is C17H23NO3. The summed E-state index contributed by atoms with van der Waals surface area (Å²) in [7, 11) is 0. The highest BCUT2D eigenvalue weighted by atomic mass is 16.4. The molecule has 21 heavy (non-hydrogen) atoms. The van der Waals surface area contributed by atoms with E-state index in [2.05, 4.69) is 6.92 Å². The molecule has 0 saturated carbocycles. The number of hydrogen-bond donors (Lipinski definition) is 1. The van der Waals surface area contributed by atoms with Gasteiger partial charge < -0.3 is 10.0 Å². The summed E-state index contributed by atoms with van der Waals surface area (Å²) in [6.45, 7) is 3.14. The van der Waals surface area contributed by atoms with Crippen LogP contribution in [0.4, 0.5) is 0 Å². The van der Waals surface area contributed by atoms with E-state index in [-0.39, 0.29) is 5.91 Å². The lowest BCUT2D eigenvalue weighted by Gasteiger charge is -2.30. The van der Waals surface area contributed by atoms with Gasteiger partial charge in [0.25, 0.3) is 5.91 Å². The molecule has 1 aromatic carbocycles. The van der Waals surface area contributed by atoms with Gasteiger partial charge in [0.15, 0.2) is 0 Å². The predicted octanol–water partition coefficient (Wildman–Crippen LogP) is 2.97. The average molecular weight is 289 g/mol. The monoisotopic (exact) mass is 289 g/mol. The summed E-state index contributed by atoms with van der Waals surface area (Å²) in [5, 5.41) is 9.09. The first-order valence-corrected chi connectivity index (χ1v) is 7.73. The molecule has 1 amide bonds. The van der Waals surface area contributed by atoms with E-state index < -0.39 is 11.9 Å². The minimum atomic E-state index is -0.803. The molecule has 0 radical (unpaired) electrons. The highest BCUT2D eigenvalue weighted by molar-refractivity contribution is 5.94. The van der Waals surface area contributed by atoms with E-state index in [1.807, 2.05) is 24.3 Å². The van der Waals surface area contributed by atoms with Crippen molar-refractivity contribution in [1.82, 2.24) is 4.90 Å². The van der Waals surface area contributed by atoms with E-state index in [0.29, 0.717) is 25.1 Å². The van der Waals surface area contributed by atoms with Crippen LogP contribution in [-0.4, -0.2) is 35.0 Å². The van der Waals surface area contributed by atoms with Crippen molar-refractivity contribution in [2.75, 3.05) is 13.1 Å². The van der Waals surface area contributed by atoms with Crippen molar-refractivity contribution in [3.8, 4) is 0 Å². The van der Waals surface area contributed by atoms with E-state index in [9.17, 15) is 9.59 Å². The SMILES string of the molecule is CCCCc1ccc(C(=O)N2CCC[C@H](C(=O)O)C2)cc1. The van der Waals surface area contributed by atoms with E-state index in [1.54, 1.807) is 4.90 Å². The van der Waals surface area contributed by atoms with Crippen molar-refractivity contribution >= 4 is 11.9 Å². The van der Waals surface area contributed by atoms with Gasteiger partial charge in [-0.1, -0.05) is 25.5 Å². The summed E-state index contributed by atoms with van der Waals surface area (Å²) in [6, 6.07) is 7.72. The summed E-state index contributed by atoms with van der Waals surface area (Å²) in [5.41, 5.74) is 1.90. The summed E-state index contributed by atoms with van der Waals surface area (Å²) < 4.78 is 0. The fourth-order valence-electron chi connectivity index (χ4n) is 2.74. The number of carbonyl (C=O) groups is 2. The van der Waals surface area contributed by atoms with Gasteiger partial charge in [-0.3, -0.25) is 9.59 Å². The van der Waals surface area contributed by atoms with Crippen LogP contribution in [0.25, 0.3) is 0 Å². The maximum absolute atomic E-state index is 12.4. The third-order valence-electron chi connectivity index (χ3n) is 4.08. The number of piperidine rings is 1. The van der Waals surface area contributed by atoms with Crippen LogP contribution in [0.15, 0.2) is 24.3 Å². The van der Waals surface area contributed by atoms with Gasteiger partial charge in [-0.15, -0.1) is 0 Å². The first-order chi connectivity index (χ1) is 10.1. The zero-order chi connectivity index (χ0) is 15.2. The third-order valence-corrected chi connectivity index (χ3v) is 4.08. The molecule has 0 unspecified atom stereocenters. The molecule has 4 nitrogen and oxygen atoms in total. The molecule has 1 N–H and O–H groups in total. The molecule has 0 aliphatic carbocycles. The van der Waals surface area contributed by atoms with Crippen LogP contribution in [0, 0.1) is 5.92 Å². The molecular weight excluding hydrogens is 266 g/mol. The van der Waals surface area contributed by atoms with E-state index >= 15 is 0 Å². The second-order valence-corrected chi connectivity index (χ2v) is 5.73. The van der Waals surface area contributed by atoms with Gasteiger partial charge in [-0.2, -0.15) is 0 Å². The van der Waals surface area contributed by atoms with Crippen LogP contribution in [0.2, 0.25) is 0 Å². The predicted molar refractivity (Wildman–Crippen MR) is 81.3 cm³/mol. The zero-order valence-electron chi connectivity index (χ0n) is 12.5. The molecule has 1 aliphatic rings. The van der Waals surface area contributed by atoms with Crippen LogP contribution in [0.1, 0.15) is 48.5 Å². The maximum Gasteiger partial charge on any atom is 0.308 e. The van der Waals surface area contributed by atoms with Gasteiger partial charge in [0, 0.05) is 18.7 Å². The van der Waals surface area contributed by atoms with Gasteiger partial charge in [0.2, 0.25) is 0 Å². The highest BCUT2D eigenvalue weighted by Gasteiger charge is 2.28. The molecule has 0 spiro atoms. The lowest BCUT2D eigenvalue weighted by atomic mass is 9.97. The number of carboxylic acid groups (broad SMARTS) is 1.